The first-order chi connectivity index (χ1) is 4.36. The SMILES string of the molecule is O[C@@H]1C[C@H]2C[C@H]1[C@@H]1C[C@H]21. The minimum absolute atomic E-state index is 0.0961. The van der Waals surface area contributed by atoms with Crippen LogP contribution in [0.5, 0.6) is 0 Å². The summed E-state index contributed by atoms with van der Waals surface area (Å²) < 4.78 is 0. The van der Waals surface area contributed by atoms with Crippen LogP contribution in [0.15, 0.2) is 0 Å². The van der Waals surface area contributed by atoms with E-state index in [2.05, 4.69) is 0 Å². The smallest absolute Gasteiger partial charge is 0.0574 e. The Balaban J connectivity index is 1.96. The molecule has 3 rings (SSSR count). The summed E-state index contributed by atoms with van der Waals surface area (Å²) in [6.07, 6.45) is 4.04. The van der Waals surface area contributed by atoms with Crippen LogP contribution >= 0.6 is 0 Å². The molecule has 50 valence electrons. The van der Waals surface area contributed by atoms with Gasteiger partial charge in [-0.2, -0.15) is 0 Å². The molecule has 0 unspecified atom stereocenters. The Hall–Kier alpha value is -0.0400. The van der Waals surface area contributed by atoms with Crippen LogP contribution < -0.4 is 0 Å². The second-order valence-corrected chi connectivity index (χ2v) is 4.03. The summed E-state index contributed by atoms with van der Waals surface area (Å²) in [6, 6.07) is 0. The molecule has 3 saturated carbocycles. The molecule has 0 aromatic rings. The van der Waals surface area contributed by atoms with Gasteiger partial charge in [-0.3, -0.25) is 0 Å². The first kappa shape index (κ1) is 4.73. The van der Waals surface area contributed by atoms with E-state index in [1.165, 1.54) is 12.8 Å². The highest BCUT2D eigenvalue weighted by Gasteiger charge is 2.60. The van der Waals surface area contributed by atoms with E-state index in [4.69, 9.17) is 0 Å². The lowest BCUT2D eigenvalue weighted by Gasteiger charge is -2.14. The number of aliphatic hydroxyl groups excluding tert-OH is 1. The molecule has 3 aliphatic rings. The first-order valence-electron chi connectivity index (χ1n) is 4.04. The van der Waals surface area contributed by atoms with Gasteiger partial charge in [-0.25, -0.2) is 0 Å². The van der Waals surface area contributed by atoms with Crippen molar-refractivity contribution in [1.82, 2.24) is 0 Å². The molecule has 3 fully saturated rings. The predicted molar refractivity (Wildman–Crippen MR) is 33.8 cm³/mol. The molecule has 1 nitrogen and oxygen atoms in total. The normalized spacial score (nSPS) is 68.3. The van der Waals surface area contributed by atoms with E-state index in [1.54, 1.807) is 0 Å². The Morgan fingerprint density at radius 3 is 2.33 bits per heavy atom. The molecule has 2 bridgehead atoms. The summed E-state index contributed by atoms with van der Waals surface area (Å²) in [5.41, 5.74) is 0. The summed E-state index contributed by atoms with van der Waals surface area (Å²) in [5.74, 6) is 3.71. The van der Waals surface area contributed by atoms with Crippen LogP contribution in [0.2, 0.25) is 0 Å². The van der Waals surface area contributed by atoms with Gasteiger partial charge in [-0.1, -0.05) is 0 Å². The summed E-state index contributed by atoms with van der Waals surface area (Å²) in [7, 11) is 0. The molecule has 0 aromatic heterocycles. The van der Waals surface area contributed by atoms with Gasteiger partial charge in [-0.15, -0.1) is 0 Å². The van der Waals surface area contributed by atoms with Crippen LogP contribution in [-0.4, -0.2) is 11.2 Å². The highest BCUT2D eigenvalue weighted by molar-refractivity contribution is 5.09. The molecule has 1 N–H and O–H groups in total. The van der Waals surface area contributed by atoms with Crippen molar-refractivity contribution >= 4 is 0 Å². The van der Waals surface area contributed by atoms with Crippen LogP contribution in [0.3, 0.4) is 0 Å². The topological polar surface area (TPSA) is 20.2 Å². The summed E-state index contributed by atoms with van der Waals surface area (Å²) >= 11 is 0. The standard InChI is InChI=1S/C8H12O/c9-8-2-4-1-7(8)6-3-5(4)6/h4-9H,1-3H2/t4-,5-,6-,7+,8-/m1/s1. The van der Waals surface area contributed by atoms with Crippen molar-refractivity contribution in [3.05, 3.63) is 0 Å². The fourth-order valence-corrected chi connectivity index (χ4v) is 3.17. The number of aliphatic hydroxyl groups is 1. The van der Waals surface area contributed by atoms with Crippen molar-refractivity contribution in [2.45, 2.75) is 25.4 Å². The molecule has 5 atom stereocenters. The molecule has 0 saturated heterocycles. The maximum Gasteiger partial charge on any atom is 0.0574 e. The van der Waals surface area contributed by atoms with Gasteiger partial charge in [0.2, 0.25) is 0 Å². The van der Waals surface area contributed by atoms with Crippen LogP contribution in [0.1, 0.15) is 19.3 Å². The fourth-order valence-electron chi connectivity index (χ4n) is 3.17. The average molecular weight is 124 g/mol. The third kappa shape index (κ3) is 0.420. The number of hydrogen-bond donors (Lipinski definition) is 1. The molecule has 3 aliphatic carbocycles. The van der Waals surface area contributed by atoms with Gasteiger partial charge in [-0.05, 0) is 42.9 Å². The van der Waals surface area contributed by atoms with E-state index in [9.17, 15) is 5.11 Å². The maximum absolute atomic E-state index is 9.42. The molecule has 1 heteroatoms. The Bertz CT molecular complexity index is 151. The second-order valence-electron chi connectivity index (χ2n) is 4.03. The highest BCUT2D eigenvalue weighted by Crippen LogP contribution is 2.65. The first-order valence-corrected chi connectivity index (χ1v) is 4.04. The summed E-state index contributed by atoms with van der Waals surface area (Å²) in [6.45, 7) is 0. The van der Waals surface area contributed by atoms with Gasteiger partial charge < -0.3 is 5.11 Å². The van der Waals surface area contributed by atoms with Crippen molar-refractivity contribution in [2.24, 2.45) is 23.7 Å². The summed E-state index contributed by atoms with van der Waals surface area (Å²) in [4.78, 5) is 0. The summed E-state index contributed by atoms with van der Waals surface area (Å²) in [5, 5.41) is 9.42. The molecule has 0 spiro atoms. The fraction of sp³-hybridized carbons (Fsp3) is 1.00. The number of fused-ring (bicyclic) bond motifs is 5. The lowest BCUT2D eigenvalue weighted by molar-refractivity contribution is 0.107. The minimum Gasteiger partial charge on any atom is -0.393 e. The zero-order chi connectivity index (χ0) is 6.01. The van der Waals surface area contributed by atoms with E-state index >= 15 is 0 Å². The molecule has 0 radical (unpaired) electrons. The van der Waals surface area contributed by atoms with Gasteiger partial charge in [0.25, 0.3) is 0 Å². The van der Waals surface area contributed by atoms with Gasteiger partial charge in [0, 0.05) is 0 Å². The average Bonchev–Trinajstić information content (AvgIpc) is 2.46. The Labute approximate surface area is 55.1 Å². The largest absolute Gasteiger partial charge is 0.393 e. The third-order valence-corrected chi connectivity index (χ3v) is 3.66. The van der Waals surface area contributed by atoms with Crippen LogP contribution in [0.25, 0.3) is 0 Å². The zero-order valence-electron chi connectivity index (χ0n) is 5.46. The lowest BCUT2D eigenvalue weighted by atomic mass is 9.98. The van der Waals surface area contributed by atoms with Gasteiger partial charge >= 0.3 is 0 Å². The zero-order valence-corrected chi connectivity index (χ0v) is 5.46. The molecule has 0 heterocycles. The Kier molecular flexibility index (Phi) is 0.628. The van der Waals surface area contributed by atoms with Crippen LogP contribution in [0, 0.1) is 23.7 Å². The lowest BCUT2D eigenvalue weighted by Crippen LogP contribution is -2.17. The molecular formula is C8H12O. The molecular weight excluding hydrogens is 112 g/mol. The van der Waals surface area contributed by atoms with Gasteiger partial charge in [0.1, 0.15) is 0 Å². The van der Waals surface area contributed by atoms with Crippen molar-refractivity contribution in [3.8, 4) is 0 Å². The van der Waals surface area contributed by atoms with E-state index in [0.29, 0.717) is 0 Å². The minimum atomic E-state index is 0.0961. The van der Waals surface area contributed by atoms with Crippen molar-refractivity contribution < 1.29 is 5.11 Å². The molecule has 0 amide bonds. The quantitative estimate of drug-likeness (QED) is 0.511. The van der Waals surface area contributed by atoms with Crippen molar-refractivity contribution in [1.29, 1.82) is 0 Å². The van der Waals surface area contributed by atoms with Crippen LogP contribution in [0.4, 0.5) is 0 Å². The maximum atomic E-state index is 9.42. The van der Waals surface area contributed by atoms with E-state index < -0.39 is 0 Å². The molecule has 9 heavy (non-hydrogen) atoms. The Morgan fingerprint density at radius 1 is 0.889 bits per heavy atom. The van der Waals surface area contributed by atoms with Crippen molar-refractivity contribution in [2.75, 3.05) is 0 Å². The highest BCUT2D eigenvalue weighted by atomic mass is 16.3. The number of hydrogen-bond acceptors (Lipinski definition) is 1. The van der Waals surface area contributed by atoms with E-state index in [0.717, 1.165) is 30.1 Å². The van der Waals surface area contributed by atoms with E-state index in [1.807, 2.05) is 0 Å². The predicted octanol–water partition coefficient (Wildman–Crippen LogP) is 1.02. The van der Waals surface area contributed by atoms with Crippen LogP contribution in [-0.2, 0) is 0 Å². The molecule has 0 aliphatic heterocycles. The van der Waals surface area contributed by atoms with Crippen molar-refractivity contribution in [3.63, 3.8) is 0 Å². The van der Waals surface area contributed by atoms with Gasteiger partial charge in [0.15, 0.2) is 0 Å². The second kappa shape index (κ2) is 1.20. The number of rotatable bonds is 0. The Morgan fingerprint density at radius 2 is 1.78 bits per heavy atom. The van der Waals surface area contributed by atoms with E-state index in [-0.39, 0.29) is 6.10 Å². The monoisotopic (exact) mass is 124 g/mol. The molecule has 0 aromatic carbocycles. The third-order valence-electron chi connectivity index (χ3n) is 3.66. The van der Waals surface area contributed by atoms with Gasteiger partial charge in [0.05, 0.1) is 6.10 Å².